The van der Waals surface area contributed by atoms with Crippen molar-refractivity contribution in [3.8, 4) is 0 Å². The van der Waals surface area contributed by atoms with Crippen molar-refractivity contribution in [1.29, 1.82) is 0 Å². The Balaban J connectivity index is 1.96. The van der Waals surface area contributed by atoms with Crippen LogP contribution < -0.4 is 5.32 Å². The number of unbranched alkanes of at least 4 members (excludes halogenated alkanes) is 1. The lowest BCUT2D eigenvalue weighted by atomic mass is 10.0. The molecule has 4 nitrogen and oxygen atoms in total. The highest BCUT2D eigenvalue weighted by Crippen LogP contribution is 2.25. The van der Waals surface area contributed by atoms with E-state index in [0.29, 0.717) is 18.1 Å². The van der Waals surface area contributed by atoms with Crippen LogP contribution >= 0.6 is 11.6 Å². The Labute approximate surface area is 195 Å². The van der Waals surface area contributed by atoms with Crippen molar-refractivity contribution in [2.24, 2.45) is 0 Å². The number of hydrogen-bond acceptors (Lipinski definition) is 2. The molecule has 5 heteroatoms. The Morgan fingerprint density at radius 2 is 1.50 bits per heavy atom. The van der Waals surface area contributed by atoms with Crippen molar-refractivity contribution in [3.05, 3.63) is 107 Å². The molecule has 3 rings (SSSR count). The van der Waals surface area contributed by atoms with Crippen LogP contribution in [0.1, 0.15) is 42.5 Å². The van der Waals surface area contributed by atoms with E-state index >= 15 is 0 Å². The molecule has 0 aromatic heterocycles. The van der Waals surface area contributed by atoms with Crippen LogP contribution in [-0.2, 0) is 22.6 Å². The lowest BCUT2D eigenvalue weighted by Crippen LogP contribution is -2.44. The Morgan fingerprint density at radius 3 is 2.12 bits per heavy atom. The number of benzene rings is 3. The van der Waals surface area contributed by atoms with Crippen molar-refractivity contribution in [1.82, 2.24) is 10.2 Å². The highest BCUT2D eigenvalue weighted by atomic mass is 35.5. The van der Waals surface area contributed by atoms with E-state index in [2.05, 4.69) is 12.2 Å². The van der Waals surface area contributed by atoms with Crippen LogP contribution in [0.15, 0.2) is 84.9 Å². The first-order valence-electron chi connectivity index (χ1n) is 11.0. The molecule has 0 spiro atoms. The van der Waals surface area contributed by atoms with E-state index in [0.717, 1.165) is 29.5 Å². The summed E-state index contributed by atoms with van der Waals surface area (Å²) in [6, 6.07) is 25.8. The van der Waals surface area contributed by atoms with Gasteiger partial charge in [0.2, 0.25) is 11.8 Å². The zero-order valence-corrected chi connectivity index (χ0v) is 19.1. The van der Waals surface area contributed by atoms with Gasteiger partial charge in [-0.15, -0.1) is 0 Å². The largest absolute Gasteiger partial charge is 0.354 e. The molecule has 0 aliphatic heterocycles. The summed E-state index contributed by atoms with van der Waals surface area (Å²) in [5, 5.41) is 3.65. The topological polar surface area (TPSA) is 49.4 Å². The Bertz CT molecular complexity index is 991. The Hall–Kier alpha value is -3.11. The fourth-order valence-corrected chi connectivity index (χ4v) is 3.70. The summed E-state index contributed by atoms with van der Waals surface area (Å²) in [4.78, 5) is 28.6. The lowest BCUT2D eigenvalue weighted by molar-refractivity contribution is -0.141. The van der Waals surface area contributed by atoms with Gasteiger partial charge in [0.15, 0.2) is 0 Å². The van der Waals surface area contributed by atoms with Gasteiger partial charge in [-0.25, -0.2) is 0 Å². The van der Waals surface area contributed by atoms with Gasteiger partial charge in [-0.05, 0) is 35.2 Å². The van der Waals surface area contributed by atoms with Gasteiger partial charge in [-0.1, -0.05) is 97.7 Å². The van der Waals surface area contributed by atoms with Gasteiger partial charge in [0.05, 0.1) is 6.42 Å². The molecule has 1 N–H and O–H groups in total. The van der Waals surface area contributed by atoms with Crippen LogP contribution in [0.3, 0.4) is 0 Å². The summed E-state index contributed by atoms with van der Waals surface area (Å²) < 4.78 is 0. The average Bonchev–Trinajstić information content (AvgIpc) is 2.81. The normalized spacial score (nSPS) is 11.6. The summed E-state index contributed by atoms with van der Waals surface area (Å²) in [5.41, 5.74) is 2.62. The number of amides is 2. The Morgan fingerprint density at radius 1 is 0.875 bits per heavy atom. The van der Waals surface area contributed by atoms with Crippen molar-refractivity contribution in [3.63, 3.8) is 0 Å². The van der Waals surface area contributed by atoms with Crippen LogP contribution in [0.5, 0.6) is 0 Å². The van der Waals surface area contributed by atoms with E-state index < -0.39 is 6.04 Å². The van der Waals surface area contributed by atoms with Crippen LogP contribution in [-0.4, -0.2) is 23.3 Å². The molecule has 2 amide bonds. The van der Waals surface area contributed by atoms with E-state index in [-0.39, 0.29) is 18.2 Å². The van der Waals surface area contributed by atoms with Gasteiger partial charge >= 0.3 is 0 Å². The van der Waals surface area contributed by atoms with Gasteiger partial charge in [0.25, 0.3) is 0 Å². The summed E-state index contributed by atoms with van der Waals surface area (Å²) in [6.07, 6.45) is 2.10. The molecule has 1 atom stereocenters. The lowest BCUT2D eigenvalue weighted by Gasteiger charge is -2.32. The summed E-state index contributed by atoms with van der Waals surface area (Å²) in [6.45, 7) is 2.97. The molecule has 3 aromatic carbocycles. The van der Waals surface area contributed by atoms with Crippen LogP contribution in [0.25, 0.3) is 0 Å². The van der Waals surface area contributed by atoms with E-state index in [1.54, 1.807) is 17.0 Å². The molecular weight excluding hydrogens is 420 g/mol. The first-order chi connectivity index (χ1) is 15.6. The van der Waals surface area contributed by atoms with E-state index in [9.17, 15) is 9.59 Å². The molecule has 0 fully saturated rings. The maximum Gasteiger partial charge on any atom is 0.247 e. The molecule has 0 saturated carbocycles. The predicted octanol–water partition coefficient (Wildman–Crippen LogP) is 5.57. The number of nitrogens with zero attached hydrogens (tertiary/aromatic N) is 1. The Kier molecular flexibility index (Phi) is 8.88. The second-order valence-electron chi connectivity index (χ2n) is 7.77. The molecule has 0 heterocycles. The minimum absolute atomic E-state index is 0.106. The number of halogens is 1. The third kappa shape index (κ3) is 6.69. The number of nitrogens with one attached hydrogen (secondary N) is 1. The minimum atomic E-state index is -0.722. The fraction of sp³-hybridized carbons (Fsp3) is 0.259. The number of rotatable bonds is 10. The maximum atomic E-state index is 13.6. The van der Waals surface area contributed by atoms with Gasteiger partial charge in [-0.2, -0.15) is 0 Å². The van der Waals surface area contributed by atoms with E-state index in [1.165, 1.54) is 0 Å². The quantitative estimate of drug-likeness (QED) is 0.412. The highest BCUT2D eigenvalue weighted by Gasteiger charge is 2.31. The predicted molar refractivity (Wildman–Crippen MR) is 129 cm³/mol. The molecule has 0 saturated heterocycles. The van der Waals surface area contributed by atoms with Crippen molar-refractivity contribution < 1.29 is 9.59 Å². The molecule has 0 radical (unpaired) electrons. The number of hydrogen-bond donors (Lipinski definition) is 1. The third-order valence-electron chi connectivity index (χ3n) is 5.29. The highest BCUT2D eigenvalue weighted by molar-refractivity contribution is 6.30. The molecular formula is C27H29ClN2O2. The van der Waals surface area contributed by atoms with Crippen molar-refractivity contribution in [2.75, 3.05) is 6.54 Å². The van der Waals surface area contributed by atoms with Gasteiger partial charge in [-0.3, -0.25) is 9.59 Å². The maximum absolute atomic E-state index is 13.6. The van der Waals surface area contributed by atoms with Gasteiger partial charge < -0.3 is 10.2 Å². The molecule has 0 bridgehead atoms. The van der Waals surface area contributed by atoms with Crippen molar-refractivity contribution in [2.45, 2.75) is 38.8 Å². The summed E-state index contributed by atoms with van der Waals surface area (Å²) >= 11 is 6.05. The monoisotopic (exact) mass is 448 g/mol. The SMILES string of the molecule is CCCCNC(=O)C(c1ccccc1)N(Cc1ccc(Cl)cc1)C(=O)Cc1ccccc1. The van der Waals surface area contributed by atoms with Crippen LogP contribution in [0, 0.1) is 0 Å². The first kappa shape index (κ1) is 23.6. The van der Waals surface area contributed by atoms with Gasteiger partial charge in [0, 0.05) is 18.1 Å². The van der Waals surface area contributed by atoms with Crippen LogP contribution in [0.2, 0.25) is 5.02 Å². The molecule has 0 aliphatic carbocycles. The molecule has 166 valence electrons. The molecule has 3 aromatic rings. The van der Waals surface area contributed by atoms with E-state index in [4.69, 9.17) is 11.6 Å². The summed E-state index contributed by atoms with van der Waals surface area (Å²) in [7, 11) is 0. The van der Waals surface area contributed by atoms with Gasteiger partial charge in [0.1, 0.15) is 6.04 Å². The number of carbonyl (C=O) groups excluding carboxylic acids is 2. The van der Waals surface area contributed by atoms with E-state index in [1.807, 2.05) is 72.8 Å². The fourth-order valence-electron chi connectivity index (χ4n) is 3.58. The zero-order valence-electron chi connectivity index (χ0n) is 18.3. The smallest absolute Gasteiger partial charge is 0.247 e. The summed E-state index contributed by atoms with van der Waals surface area (Å²) in [5.74, 6) is -0.273. The average molecular weight is 449 g/mol. The third-order valence-corrected chi connectivity index (χ3v) is 5.54. The second kappa shape index (κ2) is 12.1. The second-order valence-corrected chi connectivity index (χ2v) is 8.20. The standard InChI is InChI=1S/C27H29ClN2O2/c1-2-3-18-29-27(32)26(23-12-8-5-9-13-23)30(20-22-14-16-24(28)17-15-22)25(31)19-21-10-6-4-7-11-21/h4-17,26H,2-3,18-20H2,1H3,(H,29,32). The molecule has 32 heavy (non-hydrogen) atoms. The molecule has 1 unspecified atom stereocenters. The van der Waals surface area contributed by atoms with Crippen LogP contribution in [0.4, 0.5) is 0 Å². The zero-order chi connectivity index (χ0) is 22.8. The number of carbonyl (C=O) groups is 2. The van der Waals surface area contributed by atoms with Crippen molar-refractivity contribution >= 4 is 23.4 Å². The minimum Gasteiger partial charge on any atom is -0.354 e. The first-order valence-corrected chi connectivity index (χ1v) is 11.4. The molecule has 0 aliphatic rings.